The topological polar surface area (TPSA) is 52.6 Å². The molecule has 0 unspecified atom stereocenters. The number of hydrogen-bond acceptors (Lipinski definition) is 4. The number of carbonyl (C=O) groups is 2. The Kier molecular flexibility index (Phi) is 8.07. The number of carbonyl (C=O) groups excluding carboxylic acids is 2. The molecule has 4 nitrogen and oxygen atoms in total. The minimum atomic E-state index is -0.132. The fraction of sp³-hybridized carbons (Fsp3) is 0.353. The predicted octanol–water partition coefficient (Wildman–Crippen LogP) is 8.98. The van der Waals surface area contributed by atoms with Gasteiger partial charge in [-0.1, -0.05) is 100 Å². The van der Waals surface area contributed by atoms with Gasteiger partial charge in [0.15, 0.2) is 0 Å². The summed E-state index contributed by atoms with van der Waals surface area (Å²) in [5.41, 5.74) is 2.05. The highest BCUT2D eigenvalue weighted by Crippen LogP contribution is 2.42. The third kappa shape index (κ3) is 5.18. The molecule has 0 N–H and O–H groups in total. The summed E-state index contributed by atoms with van der Waals surface area (Å²) in [6.07, 6.45) is 6.96. The molecule has 0 spiro atoms. The monoisotopic (exact) mass is 508 g/mol. The van der Waals surface area contributed by atoms with E-state index in [4.69, 9.17) is 9.47 Å². The minimum absolute atomic E-state index is 0.132. The SMILES string of the molecule is CCCCCC(=O)OCc1ccc2c3cccc4c(COC(=O)CCCCC)ccc(c5cccc1c52)c43. The minimum Gasteiger partial charge on any atom is -0.461 e. The van der Waals surface area contributed by atoms with Crippen molar-refractivity contribution < 1.29 is 19.1 Å². The number of benzene rings is 5. The molecule has 0 saturated heterocycles. The van der Waals surface area contributed by atoms with Crippen LogP contribution in [0, 0.1) is 0 Å². The van der Waals surface area contributed by atoms with Crippen LogP contribution in [0.2, 0.25) is 0 Å². The Hall–Kier alpha value is -3.66. The van der Waals surface area contributed by atoms with E-state index in [0.29, 0.717) is 12.8 Å². The van der Waals surface area contributed by atoms with Crippen LogP contribution in [0.1, 0.15) is 76.3 Å². The summed E-state index contributed by atoms with van der Waals surface area (Å²) in [6.45, 7) is 4.82. The molecule has 0 bridgehead atoms. The molecule has 5 aromatic rings. The van der Waals surface area contributed by atoms with Crippen molar-refractivity contribution in [3.8, 4) is 0 Å². The first-order valence-electron chi connectivity index (χ1n) is 14.0. The van der Waals surface area contributed by atoms with E-state index in [9.17, 15) is 9.59 Å². The molecule has 0 aliphatic rings. The van der Waals surface area contributed by atoms with Crippen LogP contribution < -0.4 is 0 Å². The molecule has 5 rings (SSSR count). The van der Waals surface area contributed by atoms with Crippen molar-refractivity contribution in [2.45, 2.75) is 78.4 Å². The fourth-order valence-corrected chi connectivity index (χ4v) is 5.58. The van der Waals surface area contributed by atoms with Gasteiger partial charge >= 0.3 is 11.9 Å². The van der Waals surface area contributed by atoms with Gasteiger partial charge in [0.25, 0.3) is 0 Å². The molecule has 0 radical (unpaired) electrons. The van der Waals surface area contributed by atoms with Crippen molar-refractivity contribution in [1.82, 2.24) is 0 Å². The highest BCUT2D eigenvalue weighted by Gasteiger charge is 2.17. The zero-order chi connectivity index (χ0) is 26.5. The molecule has 0 amide bonds. The molecule has 5 aromatic carbocycles. The van der Waals surface area contributed by atoms with E-state index in [1.807, 2.05) is 0 Å². The predicted molar refractivity (Wildman–Crippen MR) is 156 cm³/mol. The zero-order valence-electron chi connectivity index (χ0n) is 22.5. The first-order chi connectivity index (χ1) is 18.6. The summed E-state index contributed by atoms with van der Waals surface area (Å²) in [7, 11) is 0. The van der Waals surface area contributed by atoms with Gasteiger partial charge in [-0.3, -0.25) is 9.59 Å². The second kappa shape index (κ2) is 11.8. The van der Waals surface area contributed by atoms with Gasteiger partial charge in [-0.25, -0.2) is 0 Å². The normalized spacial score (nSPS) is 11.6. The summed E-state index contributed by atoms with van der Waals surface area (Å²) < 4.78 is 11.3. The van der Waals surface area contributed by atoms with Crippen LogP contribution in [0.5, 0.6) is 0 Å². The van der Waals surface area contributed by atoms with E-state index in [1.54, 1.807) is 0 Å². The van der Waals surface area contributed by atoms with Crippen LogP contribution in [0.3, 0.4) is 0 Å². The van der Waals surface area contributed by atoms with E-state index in [0.717, 1.165) is 60.4 Å². The van der Waals surface area contributed by atoms with E-state index in [2.05, 4.69) is 74.5 Å². The zero-order valence-corrected chi connectivity index (χ0v) is 22.5. The lowest BCUT2D eigenvalue weighted by Gasteiger charge is -2.18. The molecule has 0 heterocycles. The molecule has 0 fully saturated rings. The van der Waals surface area contributed by atoms with Gasteiger partial charge < -0.3 is 9.47 Å². The highest BCUT2D eigenvalue weighted by atomic mass is 16.5. The molecule has 38 heavy (non-hydrogen) atoms. The Morgan fingerprint density at radius 2 is 0.921 bits per heavy atom. The molecule has 0 atom stereocenters. The fourth-order valence-electron chi connectivity index (χ4n) is 5.58. The highest BCUT2D eigenvalue weighted by molar-refractivity contribution is 6.33. The van der Waals surface area contributed by atoms with Crippen LogP contribution in [-0.2, 0) is 32.3 Å². The summed E-state index contributed by atoms with van der Waals surface area (Å²) >= 11 is 0. The van der Waals surface area contributed by atoms with E-state index in [1.165, 1.54) is 32.3 Å². The van der Waals surface area contributed by atoms with Gasteiger partial charge in [0.05, 0.1) is 0 Å². The van der Waals surface area contributed by atoms with Crippen molar-refractivity contribution in [1.29, 1.82) is 0 Å². The van der Waals surface area contributed by atoms with E-state index >= 15 is 0 Å². The van der Waals surface area contributed by atoms with Gasteiger partial charge in [0, 0.05) is 12.8 Å². The molecule has 0 aromatic heterocycles. The first-order valence-corrected chi connectivity index (χ1v) is 14.0. The number of unbranched alkanes of at least 4 members (excludes halogenated alkanes) is 4. The lowest BCUT2D eigenvalue weighted by Crippen LogP contribution is -2.05. The Balaban J connectivity index is 1.51. The largest absolute Gasteiger partial charge is 0.461 e. The number of hydrogen-bond donors (Lipinski definition) is 0. The average Bonchev–Trinajstić information content (AvgIpc) is 2.94. The Labute approximate surface area is 224 Å². The maximum absolute atomic E-state index is 12.3. The van der Waals surface area contributed by atoms with Crippen LogP contribution in [-0.4, -0.2) is 11.9 Å². The molecular weight excluding hydrogens is 472 g/mol. The quantitative estimate of drug-likeness (QED) is 0.0730. The molecule has 196 valence electrons. The standard InChI is InChI=1S/C34H36O4/c1-3-5-7-15-31(35)37-21-23-17-19-29-28-14-10-12-26-24(22-38-32(36)16-8-6-4-2)18-20-30(34(26)28)27-13-9-11-25(23)33(27)29/h9-14,17-20H,3-8,15-16,21-22H2,1-2H3. The average molecular weight is 509 g/mol. The molecule has 0 saturated carbocycles. The summed E-state index contributed by atoms with van der Waals surface area (Å²) in [4.78, 5) is 24.5. The van der Waals surface area contributed by atoms with Crippen LogP contribution in [0.15, 0.2) is 60.7 Å². The number of rotatable bonds is 12. The van der Waals surface area contributed by atoms with Crippen LogP contribution in [0.25, 0.3) is 43.1 Å². The summed E-state index contributed by atoms with van der Waals surface area (Å²) in [5.74, 6) is -0.264. The molecule has 0 aliphatic carbocycles. The second-order valence-electron chi connectivity index (χ2n) is 10.2. The third-order valence-electron chi connectivity index (χ3n) is 7.59. The number of fused-ring (bicyclic) bond motifs is 2. The Bertz CT molecular complexity index is 1440. The van der Waals surface area contributed by atoms with E-state index < -0.39 is 0 Å². The van der Waals surface area contributed by atoms with Crippen molar-refractivity contribution in [2.24, 2.45) is 0 Å². The number of esters is 2. The third-order valence-corrected chi connectivity index (χ3v) is 7.59. The molecular formula is C34H36O4. The van der Waals surface area contributed by atoms with Crippen LogP contribution >= 0.6 is 0 Å². The van der Waals surface area contributed by atoms with Gasteiger partial charge in [-0.2, -0.15) is 0 Å². The van der Waals surface area contributed by atoms with Crippen LogP contribution in [0.4, 0.5) is 0 Å². The lowest BCUT2D eigenvalue weighted by atomic mass is 9.87. The van der Waals surface area contributed by atoms with Crippen molar-refractivity contribution in [2.75, 3.05) is 0 Å². The molecule has 4 heteroatoms. The van der Waals surface area contributed by atoms with Gasteiger partial charge in [0.1, 0.15) is 13.2 Å². The van der Waals surface area contributed by atoms with Crippen molar-refractivity contribution in [3.63, 3.8) is 0 Å². The first kappa shape index (κ1) is 26.0. The second-order valence-corrected chi connectivity index (χ2v) is 10.2. The summed E-state index contributed by atoms with van der Waals surface area (Å²) in [6, 6.07) is 21.3. The van der Waals surface area contributed by atoms with Gasteiger partial charge in [-0.15, -0.1) is 0 Å². The molecule has 0 aliphatic heterocycles. The Morgan fingerprint density at radius 3 is 1.34 bits per heavy atom. The Morgan fingerprint density at radius 1 is 0.526 bits per heavy atom. The smallest absolute Gasteiger partial charge is 0.306 e. The maximum atomic E-state index is 12.3. The van der Waals surface area contributed by atoms with Crippen molar-refractivity contribution in [3.05, 3.63) is 71.8 Å². The number of ether oxygens (including phenoxy) is 2. The van der Waals surface area contributed by atoms with Gasteiger partial charge in [0.2, 0.25) is 0 Å². The maximum Gasteiger partial charge on any atom is 0.306 e. The van der Waals surface area contributed by atoms with E-state index in [-0.39, 0.29) is 25.2 Å². The summed E-state index contributed by atoms with van der Waals surface area (Å²) in [5, 5.41) is 9.36. The van der Waals surface area contributed by atoms with Gasteiger partial charge in [-0.05, 0) is 67.1 Å². The van der Waals surface area contributed by atoms with Crippen molar-refractivity contribution >= 4 is 55.0 Å². The lowest BCUT2D eigenvalue weighted by molar-refractivity contribution is -0.145.